The Morgan fingerprint density at radius 3 is 2.59 bits per heavy atom. The third-order valence-electron chi connectivity index (χ3n) is 1.75. The van der Waals surface area contributed by atoms with Crippen LogP contribution in [0.2, 0.25) is 5.02 Å². The Morgan fingerprint density at radius 2 is 2.06 bits per heavy atom. The normalized spacial score (nSPS) is 13.6. The molecule has 0 radical (unpaired) electrons. The van der Waals surface area contributed by atoms with Crippen LogP contribution >= 0.6 is 23.4 Å². The van der Waals surface area contributed by atoms with Crippen molar-refractivity contribution in [1.82, 2.24) is 0 Å². The van der Waals surface area contributed by atoms with Crippen molar-refractivity contribution in [2.45, 2.75) is 10.4 Å². The van der Waals surface area contributed by atoms with Crippen LogP contribution in [0.1, 0.15) is 0 Å². The molecule has 0 aromatic heterocycles. The van der Waals surface area contributed by atoms with Crippen LogP contribution in [0.15, 0.2) is 23.1 Å². The molecule has 0 heterocycles. The summed E-state index contributed by atoms with van der Waals surface area (Å²) in [4.78, 5) is 0.317. The lowest BCUT2D eigenvalue weighted by Crippen LogP contribution is -2.08. The van der Waals surface area contributed by atoms with E-state index in [1.165, 1.54) is 18.2 Å². The highest BCUT2D eigenvalue weighted by molar-refractivity contribution is 8.00. The molecular formula is C9H9ClF3NOS2. The van der Waals surface area contributed by atoms with E-state index in [1.807, 2.05) is 0 Å². The lowest BCUT2D eigenvalue weighted by molar-refractivity contribution is -0.0326. The van der Waals surface area contributed by atoms with Crippen LogP contribution in [0.25, 0.3) is 0 Å². The largest absolute Gasteiger partial charge is 0.441 e. The van der Waals surface area contributed by atoms with E-state index in [2.05, 4.69) is 0 Å². The minimum atomic E-state index is -4.30. The summed E-state index contributed by atoms with van der Waals surface area (Å²) in [6.45, 7) is 0. The van der Waals surface area contributed by atoms with Gasteiger partial charge in [-0.05, 0) is 18.2 Å². The molecule has 1 unspecified atom stereocenters. The van der Waals surface area contributed by atoms with Gasteiger partial charge >= 0.3 is 5.51 Å². The standard InChI is InChI=1S/C9H9ClF3NOS2/c10-6-1-2-8(7(14)5-6)17(15)4-3-16-9(11,12)13/h1-2,5H,3-4,14H2. The Morgan fingerprint density at radius 1 is 1.41 bits per heavy atom. The van der Waals surface area contributed by atoms with Crippen LogP contribution in [0.3, 0.4) is 0 Å². The predicted octanol–water partition coefficient (Wildman–Crippen LogP) is 3.28. The number of thioether (sulfide) groups is 1. The smallest absolute Gasteiger partial charge is 0.398 e. The molecule has 1 aromatic carbocycles. The second-order valence-electron chi connectivity index (χ2n) is 3.03. The van der Waals surface area contributed by atoms with Crippen LogP contribution in [0.5, 0.6) is 0 Å². The summed E-state index contributed by atoms with van der Waals surface area (Å²) in [6.07, 6.45) is 0. The van der Waals surface area contributed by atoms with Crippen molar-refractivity contribution in [3.05, 3.63) is 23.2 Å². The SMILES string of the molecule is Nc1cc(Cl)ccc1S(=O)CCSC(F)(F)F. The Bertz CT molecular complexity index is 425. The highest BCUT2D eigenvalue weighted by Crippen LogP contribution is 2.30. The van der Waals surface area contributed by atoms with E-state index in [-0.39, 0.29) is 29.0 Å². The molecule has 0 amide bonds. The van der Waals surface area contributed by atoms with Gasteiger partial charge in [0.1, 0.15) is 0 Å². The molecule has 8 heteroatoms. The van der Waals surface area contributed by atoms with Gasteiger partial charge in [0.25, 0.3) is 0 Å². The zero-order chi connectivity index (χ0) is 13.1. The van der Waals surface area contributed by atoms with Crippen LogP contribution in [-0.4, -0.2) is 21.2 Å². The van der Waals surface area contributed by atoms with Crippen LogP contribution in [-0.2, 0) is 10.8 Å². The lowest BCUT2D eigenvalue weighted by Gasteiger charge is -2.07. The Kier molecular flexibility index (Phi) is 5.15. The van der Waals surface area contributed by atoms with E-state index in [4.69, 9.17) is 17.3 Å². The van der Waals surface area contributed by atoms with Crippen molar-refractivity contribution in [3.63, 3.8) is 0 Å². The number of hydrogen-bond donors (Lipinski definition) is 1. The van der Waals surface area contributed by atoms with Gasteiger partial charge < -0.3 is 5.73 Å². The summed E-state index contributed by atoms with van der Waals surface area (Å²) in [5.41, 5.74) is 1.51. The number of halogens is 4. The van der Waals surface area contributed by atoms with E-state index in [0.29, 0.717) is 9.92 Å². The average molecular weight is 304 g/mol. The van der Waals surface area contributed by atoms with Crippen molar-refractivity contribution in [1.29, 1.82) is 0 Å². The maximum atomic E-state index is 11.9. The zero-order valence-electron chi connectivity index (χ0n) is 8.46. The van der Waals surface area contributed by atoms with E-state index >= 15 is 0 Å². The molecule has 0 saturated heterocycles. The van der Waals surface area contributed by atoms with Crippen molar-refractivity contribution >= 4 is 39.8 Å². The number of hydrogen-bond acceptors (Lipinski definition) is 3. The Hall–Kier alpha value is -0.400. The van der Waals surface area contributed by atoms with E-state index < -0.39 is 16.3 Å². The summed E-state index contributed by atoms with van der Waals surface area (Å²) in [6, 6.07) is 4.39. The Balaban J connectivity index is 2.59. The van der Waals surface area contributed by atoms with Crippen molar-refractivity contribution in [3.8, 4) is 0 Å². The van der Waals surface area contributed by atoms with Gasteiger partial charge in [0.2, 0.25) is 0 Å². The minimum Gasteiger partial charge on any atom is -0.398 e. The third kappa shape index (κ3) is 5.18. The van der Waals surface area contributed by atoms with Gasteiger partial charge in [-0.2, -0.15) is 13.2 Å². The molecule has 17 heavy (non-hydrogen) atoms. The molecule has 2 nitrogen and oxygen atoms in total. The van der Waals surface area contributed by atoms with Gasteiger partial charge in [-0.1, -0.05) is 23.4 Å². The molecule has 0 aliphatic rings. The summed E-state index contributed by atoms with van der Waals surface area (Å²) < 4.78 is 47.3. The molecular weight excluding hydrogens is 295 g/mol. The van der Waals surface area contributed by atoms with E-state index in [9.17, 15) is 17.4 Å². The van der Waals surface area contributed by atoms with E-state index in [0.717, 1.165) is 0 Å². The number of rotatable bonds is 4. The van der Waals surface area contributed by atoms with Crippen LogP contribution in [0.4, 0.5) is 18.9 Å². The second-order valence-corrected chi connectivity index (χ2v) is 6.16. The van der Waals surface area contributed by atoms with Gasteiger partial charge in [-0.15, -0.1) is 0 Å². The van der Waals surface area contributed by atoms with Crippen molar-refractivity contribution < 1.29 is 17.4 Å². The van der Waals surface area contributed by atoms with Gasteiger partial charge in [0, 0.05) is 22.2 Å². The van der Waals surface area contributed by atoms with Gasteiger partial charge in [-0.25, -0.2) is 0 Å². The fourth-order valence-electron chi connectivity index (χ4n) is 1.07. The maximum Gasteiger partial charge on any atom is 0.441 e. The highest BCUT2D eigenvalue weighted by Gasteiger charge is 2.28. The van der Waals surface area contributed by atoms with Crippen LogP contribution < -0.4 is 5.73 Å². The maximum absolute atomic E-state index is 11.9. The molecule has 0 aliphatic heterocycles. The summed E-state index contributed by atoms with van der Waals surface area (Å²) in [7, 11) is -1.54. The fraction of sp³-hybridized carbons (Fsp3) is 0.333. The summed E-state index contributed by atoms with van der Waals surface area (Å²) in [5, 5.41) is 0.396. The molecule has 0 fully saturated rings. The lowest BCUT2D eigenvalue weighted by atomic mass is 10.3. The molecule has 96 valence electrons. The first kappa shape index (κ1) is 14.7. The summed E-state index contributed by atoms with van der Waals surface area (Å²) >= 11 is 5.46. The third-order valence-corrected chi connectivity index (χ3v) is 4.42. The molecule has 0 spiro atoms. The number of nitrogen functional groups attached to an aromatic ring is 1. The number of nitrogens with two attached hydrogens (primary N) is 1. The first-order chi connectivity index (χ1) is 7.79. The fourth-order valence-corrected chi connectivity index (χ4v) is 3.18. The second kappa shape index (κ2) is 5.97. The topological polar surface area (TPSA) is 43.1 Å². The van der Waals surface area contributed by atoms with Gasteiger partial charge in [0.05, 0.1) is 15.7 Å². The molecule has 2 N–H and O–H groups in total. The molecule has 1 rings (SSSR count). The molecule has 0 bridgehead atoms. The molecule has 1 atom stereocenters. The monoisotopic (exact) mass is 303 g/mol. The molecule has 1 aromatic rings. The zero-order valence-corrected chi connectivity index (χ0v) is 10.8. The average Bonchev–Trinajstić information content (AvgIpc) is 2.15. The highest BCUT2D eigenvalue weighted by atomic mass is 35.5. The predicted molar refractivity (Wildman–Crippen MR) is 65.7 cm³/mol. The van der Waals surface area contributed by atoms with Gasteiger partial charge in [0.15, 0.2) is 0 Å². The molecule has 0 saturated carbocycles. The number of alkyl halides is 3. The summed E-state index contributed by atoms with van der Waals surface area (Å²) in [5.74, 6) is -0.367. The van der Waals surface area contributed by atoms with E-state index in [1.54, 1.807) is 0 Å². The van der Waals surface area contributed by atoms with Crippen LogP contribution in [0, 0.1) is 0 Å². The quantitative estimate of drug-likeness (QED) is 0.868. The van der Waals surface area contributed by atoms with Crippen molar-refractivity contribution in [2.75, 3.05) is 17.2 Å². The van der Waals surface area contributed by atoms with Crippen molar-refractivity contribution in [2.24, 2.45) is 0 Å². The first-order valence-electron chi connectivity index (χ1n) is 4.43. The Labute approximate surface area is 108 Å². The number of anilines is 1. The molecule has 0 aliphatic carbocycles. The van der Waals surface area contributed by atoms with Gasteiger partial charge in [-0.3, -0.25) is 4.21 Å². The first-order valence-corrected chi connectivity index (χ1v) is 7.12. The number of benzene rings is 1. The minimum absolute atomic E-state index is 0.101.